The van der Waals surface area contributed by atoms with Crippen molar-refractivity contribution in [2.24, 2.45) is 0 Å². The van der Waals surface area contributed by atoms with E-state index in [1.165, 1.54) is 35.7 Å². The van der Waals surface area contributed by atoms with Crippen LogP contribution in [-0.2, 0) is 6.18 Å². The number of amides is 1. The fourth-order valence-electron chi connectivity index (χ4n) is 1.74. The van der Waals surface area contributed by atoms with Crippen LogP contribution in [0.15, 0.2) is 29.8 Å². The van der Waals surface area contributed by atoms with E-state index < -0.39 is 17.9 Å². The van der Waals surface area contributed by atoms with Gasteiger partial charge in [-0.15, -0.1) is 11.3 Å². The molecule has 0 aliphatic heterocycles. The fraction of sp³-hybridized carbons (Fsp3) is 0.0833. The summed E-state index contributed by atoms with van der Waals surface area (Å²) in [4.78, 5) is 21.5. The molecule has 5 nitrogen and oxygen atoms in total. The zero-order chi connectivity index (χ0) is 15.0. The zero-order valence-electron chi connectivity index (χ0n) is 10.2. The lowest BCUT2D eigenvalue weighted by Crippen LogP contribution is -2.11. The SMILES string of the molecule is O=C(Nc1nccs1)c1ccc2nc(C(F)(F)F)[nH]c2c1. The largest absolute Gasteiger partial charge is 0.449 e. The van der Waals surface area contributed by atoms with Crippen molar-refractivity contribution < 1.29 is 18.0 Å². The molecule has 2 aromatic heterocycles. The van der Waals surface area contributed by atoms with E-state index in [-0.39, 0.29) is 16.6 Å². The number of aromatic nitrogens is 3. The summed E-state index contributed by atoms with van der Waals surface area (Å²) in [5, 5.41) is 4.67. The van der Waals surface area contributed by atoms with E-state index >= 15 is 0 Å². The number of benzene rings is 1. The standard InChI is InChI=1S/C12H7F3N4OS/c13-12(14,15)10-17-7-2-1-6(5-8(7)18-10)9(20)19-11-16-3-4-21-11/h1-5H,(H,17,18)(H,16,19,20). The van der Waals surface area contributed by atoms with Crippen molar-refractivity contribution >= 4 is 33.4 Å². The lowest BCUT2D eigenvalue weighted by Gasteiger charge is -2.01. The van der Waals surface area contributed by atoms with Gasteiger partial charge in [0, 0.05) is 17.1 Å². The molecule has 0 aliphatic rings. The molecule has 0 radical (unpaired) electrons. The van der Waals surface area contributed by atoms with Crippen LogP contribution in [0.2, 0.25) is 0 Å². The summed E-state index contributed by atoms with van der Waals surface area (Å²) in [6.45, 7) is 0. The van der Waals surface area contributed by atoms with Gasteiger partial charge in [0.15, 0.2) is 5.13 Å². The van der Waals surface area contributed by atoms with Crippen LogP contribution < -0.4 is 5.32 Å². The maximum absolute atomic E-state index is 12.6. The summed E-state index contributed by atoms with van der Waals surface area (Å²) in [7, 11) is 0. The molecule has 1 amide bonds. The van der Waals surface area contributed by atoms with Gasteiger partial charge in [-0.3, -0.25) is 10.1 Å². The first-order valence-corrected chi connectivity index (χ1v) is 6.59. The third-order valence-electron chi connectivity index (χ3n) is 2.67. The number of rotatable bonds is 2. The first-order valence-electron chi connectivity index (χ1n) is 5.71. The van der Waals surface area contributed by atoms with E-state index in [9.17, 15) is 18.0 Å². The van der Waals surface area contributed by atoms with Crippen molar-refractivity contribution in [3.05, 3.63) is 41.2 Å². The molecule has 3 rings (SSSR count). The minimum absolute atomic E-state index is 0.146. The Labute approximate surface area is 119 Å². The summed E-state index contributed by atoms with van der Waals surface area (Å²) in [5.74, 6) is -1.54. The third kappa shape index (κ3) is 2.72. The smallest absolute Gasteiger partial charge is 0.334 e. The Hall–Kier alpha value is -2.42. The van der Waals surface area contributed by atoms with E-state index in [1.54, 1.807) is 5.38 Å². The Bertz CT molecular complexity index is 795. The quantitative estimate of drug-likeness (QED) is 0.763. The van der Waals surface area contributed by atoms with Gasteiger partial charge < -0.3 is 4.98 Å². The number of halogens is 3. The maximum Gasteiger partial charge on any atom is 0.449 e. The van der Waals surface area contributed by atoms with Gasteiger partial charge in [-0.05, 0) is 18.2 Å². The molecule has 108 valence electrons. The number of hydrogen-bond acceptors (Lipinski definition) is 4. The number of anilines is 1. The van der Waals surface area contributed by atoms with E-state index in [1.807, 2.05) is 0 Å². The highest BCUT2D eigenvalue weighted by Crippen LogP contribution is 2.28. The Morgan fingerprint density at radius 3 is 2.81 bits per heavy atom. The second-order valence-electron chi connectivity index (χ2n) is 4.11. The molecule has 0 aliphatic carbocycles. The van der Waals surface area contributed by atoms with E-state index in [0.29, 0.717) is 5.13 Å². The molecule has 21 heavy (non-hydrogen) atoms. The van der Waals surface area contributed by atoms with Gasteiger partial charge >= 0.3 is 6.18 Å². The van der Waals surface area contributed by atoms with Crippen molar-refractivity contribution in [2.75, 3.05) is 5.32 Å². The lowest BCUT2D eigenvalue weighted by atomic mass is 10.2. The van der Waals surface area contributed by atoms with Crippen LogP contribution in [0.25, 0.3) is 11.0 Å². The van der Waals surface area contributed by atoms with Crippen LogP contribution in [0.1, 0.15) is 16.2 Å². The number of imidazole rings is 1. The van der Waals surface area contributed by atoms with Crippen molar-refractivity contribution in [3.8, 4) is 0 Å². The predicted molar refractivity (Wildman–Crippen MR) is 71.2 cm³/mol. The van der Waals surface area contributed by atoms with Gasteiger partial charge in [0.2, 0.25) is 5.82 Å². The molecule has 3 aromatic rings. The number of carbonyl (C=O) groups is 1. The summed E-state index contributed by atoms with van der Waals surface area (Å²) >= 11 is 1.25. The highest BCUT2D eigenvalue weighted by Gasteiger charge is 2.34. The summed E-state index contributed by atoms with van der Waals surface area (Å²) in [6, 6.07) is 4.09. The van der Waals surface area contributed by atoms with Crippen LogP contribution in [0.3, 0.4) is 0 Å². The zero-order valence-corrected chi connectivity index (χ0v) is 11.0. The van der Waals surface area contributed by atoms with Crippen LogP contribution in [0, 0.1) is 0 Å². The number of hydrogen-bond donors (Lipinski definition) is 2. The average Bonchev–Trinajstić information content (AvgIpc) is 3.04. The second kappa shape index (κ2) is 4.85. The van der Waals surface area contributed by atoms with Gasteiger partial charge in [-0.25, -0.2) is 9.97 Å². The molecular weight excluding hydrogens is 305 g/mol. The molecule has 0 saturated heterocycles. The minimum atomic E-state index is -4.55. The molecular formula is C12H7F3N4OS. The number of fused-ring (bicyclic) bond motifs is 1. The first kappa shape index (κ1) is 13.6. The van der Waals surface area contributed by atoms with Crippen molar-refractivity contribution in [1.29, 1.82) is 0 Å². The Kier molecular flexibility index (Phi) is 3.13. The number of carbonyl (C=O) groups excluding carboxylic acids is 1. The van der Waals surface area contributed by atoms with Gasteiger partial charge in [0.1, 0.15) is 0 Å². The number of nitrogens with one attached hydrogen (secondary N) is 2. The molecule has 0 spiro atoms. The maximum atomic E-state index is 12.6. The molecule has 0 bridgehead atoms. The topological polar surface area (TPSA) is 70.7 Å². The van der Waals surface area contributed by atoms with Crippen molar-refractivity contribution in [3.63, 3.8) is 0 Å². The summed E-state index contributed by atoms with van der Waals surface area (Å²) < 4.78 is 37.7. The lowest BCUT2D eigenvalue weighted by molar-refractivity contribution is -0.144. The Morgan fingerprint density at radius 1 is 1.33 bits per heavy atom. The first-order chi connectivity index (χ1) is 9.93. The number of thiazole rings is 1. The molecule has 2 heterocycles. The predicted octanol–water partition coefficient (Wildman–Crippen LogP) is 3.29. The monoisotopic (exact) mass is 312 g/mol. The van der Waals surface area contributed by atoms with Crippen molar-refractivity contribution in [2.45, 2.75) is 6.18 Å². The Morgan fingerprint density at radius 2 is 2.14 bits per heavy atom. The van der Waals surface area contributed by atoms with E-state index in [0.717, 1.165) is 0 Å². The molecule has 9 heteroatoms. The molecule has 1 aromatic carbocycles. The van der Waals surface area contributed by atoms with Crippen LogP contribution in [0.4, 0.5) is 18.3 Å². The van der Waals surface area contributed by atoms with Gasteiger partial charge in [-0.1, -0.05) is 0 Å². The minimum Gasteiger partial charge on any atom is -0.334 e. The van der Waals surface area contributed by atoms with Gasteiger partial charge in [0.05, 0.1) is 11.0 Å². The molecule has 2 N–H and O–H groups in total. The molecule has 0 unspecified atom stereocenters. The number of nitrogens with zero attached hydrogens (tertiary/aromatic N) is 2. The van der Waals surface area contributed by atoms with Crippen molar-refractivity contribution in [1.82, 2.24) is 15.0 Å². The second-order valence-corrected chi connectivity index (χ2v) is 5.00. The molecule has 0 atom stereocenters. The molecule has 0 saturated carbocycles. The van der Waals surface area contributed by atoms with Gasteiger partial charge in [0.25, 0.3) is 5.91 Å². The average molecular weight is 312 g/mol. The molecule has 0 fully saturated rings. The summed E-state index contributed by atoms with van der Waals surface area (Å²) in [5.41, 5.74) is 0.511. The number of H-pyrrole nitrogens is 1. The highest BCUT2D eigenvalue weighted by atomic mass is 32.1. The number of alkyl halides is 3. The van der Waals surface area contributed by atoms with E-state index in [4.69, 9.17) is 0 Å². The van der Waals surface area contributed by atoms with Crippen LogP contribution in [-0.4, -0.2) is 20.9 Å². The van der Waals surface area contributed by atoms with Crippen LogP contribution >= 0.6 is 11.3 Å². The van der Waals surface area contributed by atoms with Crippen LogP contribution in [0.5, 0.6) is 0 Å². The highest BCUT2D eigenvalue weighted by molar-refractivity contribution is 7.13. The normalized spacial score (nSPS) is 11.8. The van der Waals surface area contributed by atoms with Gasteiger partial charge in [-0.2, -0.15) is 13.2 Å². The fourth-order valence-corrected chi connectivity index (χ4v) is 2.26. The third-order valence-corrected chi connectivity index (χ3v) is 3.35. The number of aromatic amines is 1. The summed E-state index contributed by atoms with van der Waals surface area (Å²) in [6.07, 6.45) is -3.02. The Balaban J connectivity index is 1.92. The van der Waals surface area contributed by atoms with E-state index in [2.05, 4.69) is 20.3 Å².